The van der Waals surface area contributed by atoms with E-state index in [0.717, 1.165) is 48.1 Å². The van der Waals surface area contributed by atoms with Gasteiger partial charge in [0.1, 0.15) is 11.0 Å². The molecule has 3 aromatic rings. The molecule has 0 bridgehead atoms. The van der Waals surface area contributed by atoms with E-state index in [4.69, 9.17) is 0 Å². The van der Waals surface area contributed by atoms with Crippen LogP contribution < -0.4 is 5.32 Å². The van der Waals surface area contributed by atoms with Crippen molar-refractivity contribution < 1.29 is 0 Å². The highest BCUT2D eigenvalue weighted by molar-refractivity contribution is 5.87. The number of nitrogens with zero attached hydrogens (tertiary/aromatic N) is 4. The van der Waals surface area contributed by atoms with Gasteiger partial charge in [-0.3, -0.25) is 0 Å². The molecule has 1 atom stereocenters. The summed E-state index contributed by atoms with van der Waals surface area (Å²) in [5, 5.41) is 26.3. The maximum atomic E-state index is 4.46. The normalized spacial score (nSPS) is 14.6. The van der Waals surface area contributed by atoms with Crippen molar-refractivity contribution in [2.45, 2.75) is 64.3 Å². The lowest BCUT2D eigenvalue weighted by atomic mass is 9.64. The van der Waals surface area contributed by atoms with Crippen LogP contribution in [0.5, 0.6) is 0 Å². The van der Waals surface area contributed by atoms with Crippen molar-refractivity contribution in [1.29, 1.82) is 0 Å². The number of fused-ring (bicyclic) bond motifs is 1. The summed E-state index contributed by atoms with van der Waals surface area (Å²) in [5.41, 5.74) is 3.32. The lowest BCUT2D eigenvalue weighted by molar-refractivity contribution is 0.235. The summed E-state index contributed by atoms with van der Waals surface area (Å²) in [4.78, 5) is 0. The third-order valence-corrected chi connectivity index (χ3v) is 5.46. The topological polar surface area (TPSA) is 95.2 Å². The van der Waals surface area contributed by atoms with Gasteiger partial charge in [0.05, 0.1) is 17.6 Å². The Morgan fingerprint density at radius 3 is 2.60 bits per heavy atom. The lowest BCUT2D eigenvalue weighted by Gasteiger charge is -2.46. The summed E-state index contributed by atoms with van der Waals surface area (Å²) in [6.07, 6.45) is 6.16. The highest BCUT2D eigenvalue weighted by Gasteiger charge is 2.46. The molecule has 0 radical (unpaired) electrons. The molecule has 1 unspecified atom stereocenters. The van der Waals surface area contributed by atoms with Gasteiger partial charge in [0.25, 0.3) is 0 Å². The average Bonchev–Trinajstić information content (AvgIpc) is 3.27. The molecular weight excluding hydrogens is 314 g/mol. The standard InChI is InChI=1S/C18H27N7/c1-5-7-11-18(6-2,15-12-19-24-22-15)17(3,4)20-13-9-8-10-14-16(13)23-25-21-14/h8-10,12,20H,5-7,11H2,1-4H3,(H,19,22,24)(H,21,23,25). The minimum absolute atomic E-state index is 0.137. The van der Waals surface area contributed by atoms with Gasteiger partial charge in [0.2, 0.25) is 0 Å². The van der Waals surface area contributed by atoms with Gasteiger partial charge in [-0.2, -0.15) is 30.8 Å². The highest BCUT2D eigenvalue weighted by atomic mass is 15.3. The number of hydrogen-bond donors (Lipinski definition) is 3. The van der Waals surface area contributed by atoms with Gasteiger partial charge in [-0.05, 0) is 38.8 Å². The molecule has 0 aliphatic carbocycles. The Kier molecular flexibility index (Phi) is 4.74. The Labute approximate surface area is 148 Å². The fourth-order valence-electron chi connectivity index (χ4n) is 3.90. The van der Waals surface area contributed by atoms with Crippen molar-refractivity contribution in [3.05, 3.63) is 30.1 Å². The van der Waals surface area contributed by atoms with Gasteiger partial charge in [-0.25, -0.2) is 0 Å². The third kappa shape index (κ3) is 2.99. The van der Waals surface area contributed by atoms with Crippen LogP contribution in [0.25, 0.3) is 11.0 Å². The first kappa shape index (κ1) is 17.4. The second-order valence-electron chi connectivity index (χ2n) is 7.14. The van der Waals surface area contributed by atoms with E-state index in [-0.39, 0.29) is 11.0 Å². The van der Waals surface area contributed by atoms with Crippen LogP contribution in [0.4, 0.5) is 5.69 Å². The van der Waals surface area contributed by atoms with Gasteiger partial charge in [0.15, 0.2) is 0 Å². The summed E-state index contributed by atoms with van der Waals surface area (Å²) in [7, 11) is 0. The van der Waals surface area contributed by atoms with Crippen LogP contribution in [-0.4, -0.2) is 36.4 Å². The van der Waals surface area contributed by atoms with E-state index in [1.54, 1.807) is 0 Å². The molecule has 7 nitrogen and oxygen atoms in total. The van der Waals surface area contributed by atoms with E-state index < -0.39 is 0 Å². The van der Waals surface area contributed by atoms with Crippen LogP contribution in [0.3, 0.4) is 0 Å². The van der Waals surface area contributed by atoms with E-state index in [0.29, 0.717) is 0 Å². The molecule has 7 heteroatoms. The van der Waals surface area contributed by atoms with Crippen LogP contribution in [0.2, 0.25) is 0 Å². The zero-order valence-electron chi connectivity index (χ0n) is 15.4. The van der Waals surface area contributed by atoms with Crippen molar-refractivity contribution >= 4 is 16.7 Å². The number of benzene rings is 1. The molecule has 2 aromatic heterocycles. The van der Waals surface area contributed by atoms with Crippen LogP contribution in [0, 0.1) is 0 Å². The molecule has 0 amide bonds. The summed E-state index contributed by atoms with van der Waals surface area (Å²) in [6, 6.07) is 6.01. The molecule has 0 spiro atoms. The molecule has 0 saturated carbocycles. The second kappa shape index (κ2) is 6.82. The molecular formula is C18H27N7. The number of aromatic nitrogens is 6. The first-order valence-corrected chi connectivity index (χ1v) is 8.98. The molecule has 0 saturated heterocycles. The van der Waals surface area contributed by atoms with Crippen LogP contribution >= 0.6 is 0 Å². The Hall–Kier alpha value is -2.44. The Morgan fingerprint density at radius 1 is 1.08 bits per heavy atom. The summed E-state index contributed by atoms with van der Waals surface area (Å²) in [5.74, 6) is 0. The second-order valence-corrected chi connectivity index (χ2v) is 7.14. The van der Waals surface area contributed by atoms with E-state index in [2.05, 4.69) is 69.9 Å². The third-order valence-electron chi connectivity index (χ3n) is 5.46. The predicted octanol–water partition coefficient (Wildman–Crippen LogP) is 3.80. The van der Waals surface area contributed by atoms with Crippen molar-refractivity contribution in [2.75, 3.05) is 5.32 Å². The summed E-state index contributed by atoms with van der Waals surface area (Å²) in [6.45, 7) is 8.92. The van der Waals surface area contributed by atoms with E-state index in [9.17, 15) is 0 Å². The van der Waals surface area contributed by atoms with E-state index >= 15 is 0 Å². The smallest absolute Gasteiger partial charge is 0.136 e. The molecule has 0 aliphatic heterocycles. The fraction of sp³-hybridized carbons (Fsp3) is 0.556. The van der Waals surface area contributed by atoms with Gasteiger partial charge in [-0.1, -0.05) is 32.8 Å². The molecule has 3 rings (SSSR count). The Bertz CT molecular complexity index is 806. The predicted molar refractivity (Wildman–Crippen MR) is 99.5 cm³/mol. The monoisotopic (exact) mass is 341 g/mol. The maximum absolute atomic E-state index is 4.46. The van der Waals surface area contributed by atoms with Crippen molar-refractivity contribution in [3.63, 3.8) is 0 Å². The fourth-order valence-corrected chi connectivity index (χ4v) is 3.90. The van der Waals surface area contributed by atoms with Crippen molar-refractivity contribution in [3.8, 4) is 0 Å². The van der Waals surface area contributed by atoms with Gasteiger partial charge in [0, 0.05) is 11.0 Å². The van der Waals surface area contributed by atoms with Gasteiger partial charge in [-0.15, -0.1) is 0 Å². The number of aromatic amines is 2. The highest BCUT2D eigenvalue weighted by Crippen LogP contribution is 2.44. The average molecular weight is 341 g/mol. The first-order valence-electron chi connectivity index (χ1n) is 8.98. The largest absolute Gasteiger partial charge is 0.377 e. The minimum atomic E-state index is -0.249. The summed E-state index contributed by atoms with van der Waals surface area (Å²) >= 11 is 0. The zero-order chi connectivity index (χ0) is 17.9. The van der Waals surface area contributed by atoms with Gasteiger partial charge < -0.3 is 5.32 Å². The molecule has 3 N–H and O–H groups in total. The lowest BCUT2D eigenvalue weighted by Crippen LogP contribution is -2.53. The number of anilines is 1. The Balaban J connectivity index is 2.02. The van der Waals surface area contributed by atoms with Crippen LogP contribution in [-0.2, 0) is 5.41 Å². The van der Waals surface area contributed by atoms with E-state index in [1.165, 1.54) is 0 Å². The number of para-hydroxylation sites is 1. The maximum Gasteiger partial charge on any atom is 0.136 e. The number of rotatable bonds is 8. The van der Waals surface area contributed by atoms with Crippen LogP contribution in [0.15, 0.2) is 24.4 Å². The Morgan fingerprint density at radius 2 is 1.92 bits per heavy atom. The van der Waals surface area contributed by atoms with Crippen molar-refractivity contribution in [2.24, 2.45) is 0 Å². The first-order chi connectivity index (χ1) is 12.0. The SMILES string of the molecule is CCCCC(CC)(c1cn[nH]n1)C(C)(C)Nc1cccc2n[nH]nc12. The number of hydrogen-bond acceptors (Lipinski definition) is 5. The minimum Gasteiger partial charge on any atom is -0.377 e. The van der Waals surface area contributed by atoms with E-state index in [1.807, 2.05) is 18.3 Å². The molecule has 0 aliphatic rings. The molecule has 2 heterocycles. The molecule has 25 heavy (non-hydrogen) atoms. The van der Waals surface area contributed by atoms with Crippen molar-refractivity contribution in [1.82, 2.24) is 30.8 Å². The molecule has 134 valence electrons. The summed E-state index contributed by atoms with van der Waals surface area (Å²) < 4.78 is 0. The zero-order valence-corrected chi connectivity index (χ0v) is 15.4. The molecule has 0 fully saturated rings. The number of unbranched alkanes of at least 4 members (excludes halogenated alkanes) is 1. The van der Waals surface area contributed by atoms with Crippen LogP contribution in [0.1, 0.15) is 59.1 Å². The van der Waals surface area contributed by atoms with Gasteiger partial charge >= 0.3 is 0 Å². The number of nitrogens with one attached hydrogen (secondary N) is 3. The number of H-pyrrole nitrogens is 2. The molecule has 1 aromatic carbocycles. The quantitative estimate of drug-likeness (QED) is 0.579.